The molecule has 1 atom stereocenters. The van der Waals surface area contributed by atoms with Crippen LogP contribution >= 0.6 is 0 Å². The first-order valence-electron chi connectivity index (χ1n) is 16.8. The molecule has 0 fully saturated rings. The topological polar surface area (TPSA) is 0 Å². The van der Waals surface area contributed by atoms with Crippen molar-refractivity contribution in [2.45, 2.75) is 31.6 Å². The second-order valence-electron chi connectivity index (χ2n) is 12.4. The summed E-state index contributed by atoms with van der Waals surface area (Å²) in [4.78, 5) is 0. The first-order valence-corrected chi connectivity index (χ1v) is 16.8. The standard InChI is InChI=1S/C47H40/c1-2-3-4-5-6-7-9-21-39(36-18-10-8-11-19-36)33-35-27-29-38(30-28-35)46-42-23-14-16-25-44(42)47(45-26-17-15-24-43(45)46)41-32-31-37-20-12-13-22-40(37)34-41/h2,4-8,10-20,22-32,34,39H,1,3,9,21,33H2/b5-4-,7-6-. The molecule has 0 nitrogen and oxygen atoms in total. The van der Waals surface area contributed by atoms with Crippen LogP contribution in [0, 0.1) is 0 Å². The number of benzene rings is 7. The Bertz CT molecular complexity index is 2140. The van der Waals surface area contributed by atoms with Crippen molar-refractivity contribution >= 4 is 32.3 Å². The zero-order valence-corrected chi connectivity index (χ0v) is 26.9. The third-order valence-corrected chi connectivity index (χ3v) is 9.33. The van der Waals surface area contributed by atoms with Crippen LogP contribution in [0.3, 0.4) is 0 Å². The summed E-state index contributed by atoms with van der Waals surface area (Å²) < 4.78 is 0. The molecule has 0 heteroatoms. The van der Waals surface area contributed by atoms with Gasteiger partial charge in [-0.05, 0) is 103 Å². The molecule has 0 spiro atoms. The van der Waals surface area contributed by atoms with Crippen LogP contribution < -0.4 is 0 Å². The molecule has 47 heavy (non-hydrogen) atoms. The molecule has 0 bridgehead atoms. The second kappa shape index (κ2) is 14.3. The van der Waals surface area contributed by atoms with E-state index in [0.29, 0.717) is 5.92 Å². The monoisotopic (exact) mass is 604 g/mol. The summed E-state index contributed by atoms with van der Waals surface area (Å²) in [6.45, 7) is 3.79. The Morgan fingerprint density at radius 2 is 1.06 bits per heavy atom. The molecule has 0 N–H and O–H groups in total. The van der Waals surface area contributed by atoms with E-state index >= 15 is 0 Å². The van der Waals surface area contributed by atoms with Crippen LogP contribution in [0.1, 0.15) is 36.3 Å². The zero-order chi connectivity index (χ0) is 31.8. The summed E-state index contributed by atoms with van der Waals surface area (Å²) in [5, 5.41) is 7.69. The quantitative estimate of drug-likeness (QED) is 0.0783. The summed E-state index contributed by atoms with van der Waals surface area (Å²) in [6, 6.07) is 53.7. The largest absolute Gasteiger partial charge is 0.103 e. The van der Waals surface area contributed by atoms with Crippen LogP contribution in [0.4, 0.5) is 0 Å². The predicted molar refractivity (Wildman–Crippen MR) is 205 cm³/mol. The fourth-order valence-electron chi connectivity index (χ4n) is 7.02. The van der Waals surface area contributed by atoms with E-state index in [4.69, 9.17) is 0 Å². The molecule has 0 heterocycles. The first kappa shape index (κ1) is 30.2. The van der Waals surface area contributed by atoms with Crippen molar-refractivity contribution in [1.29, 1.82) is 0 Å². The zero-order valence-electron chi connectivity index (χ0n) is 26.9. The van der Waals surface area contributed by atoms with Crippen LogP contribution in [-0.4, -0.2) is 0 Å². The van der Waals surface area contributed by atoms with Gasteiger partial charge in [0.25, 0.3) is 0 Å². The lowest BCUT2D eigenvalue weighted by Gasteiger charge is -2.19. The van der Waals surface area contributed by atoms with Crippen molar-refractivity contribution in [3.63, 3.8) is 0 Å². The Morgan fingerprint density at radius 1 is 0.511 bits per heavy atom. The minimum atomic E-state index is 0.465. The number of hydrogen-bond donors (Lipinski definition) is 0. The van der Waals surface area contributed by atoms with Gasteiger partial charge in [-0.1, -0.05) is 170 Å². The summed E-state index contributed by atoms with van der Waals surface area (Å²) in [5.41, 5.74) is 7.91. The van der Waals surface area contributed by atoms with E-state index in [-0.39, 0.29) is 0 Å². The smallest absolute Gasteiger partial charge is 0.00262 e. The Hall–Kier alpha value is -5.46. The van der Waals surface area contributed by atoms with Gasteiger partial charge in [0.15, 0.2) is 0 Å². The number of fused-ring (bicyclic) bond motifs is 3. The van der Waals surface area contributed by atoms with Gasteiger partial charge in [-0.25, -0.2) is 0 Å². The number of allylic oxidation sites excluding steroid dienone is 5. The highest BCUT2D eigenvalue weighted by Gasteiger charge is 2.17. The van der Waals surface area contributed by atoms with Crippen molar-refractivity contribution < 1.29 is 0 Å². The SMILES string of the molecule is C=CC/C=C\C=C/CCC(Cc1ccc(-c2c3ccccc3c(-c3ccc4ccccc4c3)c3ccccc23)cc1)c1ccccc1. The molecule has 228 valence electrons. The Balaban J connectivity index is 1.24. The molecule has 0 aliphatic carbocycles. The minimum Gasteiger partial charge on any atom is -0.103 e. The van der Waals surface area contributed by atoms with Gasteiger partial charge in [-0.3, -0.25) is 0 Å². The number of rotatable bonds is 11. The van der Waals surface area contributed by atoms with Crippen molar-refractivity contribution in [3.8, 4) is 22.3 Å². The molecule has 7 aromatic carbocycles. The van der Waals surface area contributed by atoms with Gasteiger partial charge in [0, 0.05) is 0 Å². The van der Waals surface area contributed by atoms with Gasteiger partial charge in [-0.2, -0.15) is 0 Å². The van der Waals surface area contributed by atoms with Gasteiger partial charge < -0.3 is 0 Å². The first-order chi connectivity index (χ1) is 23.3. The highest BCUT2D eigenvalue weighted by atomic mass is 14.2. The van der Waals surface area contributed by atoms with E-state index in [9.17, 15) is 0 Å². The van der Waals surface area contributed by atoms with Gasteiger partial charge in [0.1, 0.15) is 0 Å². The van der Waals surface area contributed by atoms with Crippen LogP contribution in [0.15, 0.2) is 183 Å². The Labute approximate surface area is 279 Å². The van der Waals surface area contributed by atoms with Crippen molar-refractivity contribution in [2.24, 2.45) is 0 Å². The second-order valence-corrected chi connectivity index (χ2v) is 12.4. The molecule has 0 aliphatic heterocycles. The lowest BCUT2D eigenvalue weighted by Crippen LogP contribution is -2.03. The van der Waals surface area contributed by atoms with Crippen LogP contribution in [0.5, 0.6) is 0 Å². The van der Waals surface area contributed by atoms with Gasteiger partial charge in [0.2, 0.25) is 0 Å². The fourth-order valence-corrected chi connectivity index (χ4v) is 7.02. The van der Waals surface area contributed by atoms with E-state index in [2.05, 4.69) is 176 Å². The van der Waals surface area contributed by atoms with E-state index in [0.717, 1.165) is 25.7 Å². The molecule has 0 saturated carbocycles. The van der Waals surface area contributed by atoms with Crippen LogP contribution in [-0.2, 0) is 6.42 Å². The molecule has 0 aromatic heterocycles. The van der Waals surface area contributed by atoms with Crippen LogP contribution in [0.2, 0.25) is 0 Å². The number of hydrogen-bond acceptors (Lipinski definition) is 0. The van der Waals surface area contributed by atoms with E-state index < -0.39 is 0 Å². The van der Waals surface area contributed by atoms with Gasteiger partial charge >= 0.3 is 0 Å². The maximum atomic E-state index is 3.79. The highest BCUT2D eigenvalue weighted by molar-refractivity contribution is 6.21. The van der Waals surface area contributed by atoms with Crippen molar-refractivity contribution in [1.82, 2.24) is 0 Å². The maximum absolute atomic E-state index is 3.79. The normalized spacial score (nSPS) is 12.4. The summed E-state index contributed by atoms with van der Waals surface area (Å²) in [6.07, 6.45) is 14.7. The third-order valence-electron chi connectivity index (χ3n) is 9.33. The molecule has 7 rings (SSSR count). The fraction of sp³-hybridized carbons (Fsp3) is 0.106. The summed E-state index contributed by atoms with van der Waals surface area (Å²) in [5.74, 6) is 0.465. The summed E-state index contributed by atoms with van der Waals surface area (Å²) in [7, 11) is 0. The molecule has 0 saturated heterocycles. The van der Waals surface area contributed by atoms with Crippen molar-refractivity contribution in [3.05, 3.63) is 194 Å². The van der Waals surface area contributed by atoms with E-state index in [1.807, 2.05) is 6.08 Å². The van der Waals surface area contributed by atoms with E-state index in [1.165, 1.54) is 65.7 Å². The highest BCUT2D eigenvalue weighted by Crippen LogP contribution is 2.44. The Morgan fingerprint density at radius 3 is 1.72 bits per heavy atom. The molecule has 7 aromatic rings. The van der Waals surface area contributed by atoms with Crippen LogP contribution in [0.25, 0.3) is 54.6 Å². The molecule has 0 amide bonds. The predicted octanol–water partition coefficient (Wildman–Crippen LogP) is 13.3. The summed E-state index contributed by atoms with van der Waals surface area (Å²) >= 11 is 0. The van der Waals surface area contributed by atoms with Crippen molar-refractivity contribution in [2.75, 3.05) is 0 Å². The Kier molecular flexibility index (Phi) is 9.20. The average Bonchev–Trinajstić information content (AvgIpc) is 3.13. The van der Waals surface area contributed by atoms with E-state index in [1.54, 1.807) is 0 Å². The molecular formula is C47H40. The molecular weight excluding hydrogens is 565 g/mol. The third kappa shape index (κ3) is 6.60. The minimum absolute atomic E-state index is 0.465. The van der Waals surface area contributed by atoms with Gasteiger partial charge in [0.05, 0.1) is 0 Å². The average molecular weight is 605 g/mol. The molecule has 0 radical (unpaired) electrons. The maximum Gasteiger partial charge on any atom is -0.00262 e. The molecule has 1 unspecified atom stereocenters. The molecule has 0 aliphatic rings. The lowest BCUT2D eigenvalue weighted by molar-refractivity contribution is 0.629. The van der Waals surface area contributed by atoms with Gasteiger partial charge in [-0.15, -0.1) is 6.58 Å². The lowest BCUT2D eigenvalue weighted by atomic mass is 9.84.